The molecule has 0 amide bonds. The second-order valence-corrected chi connectivity index (χ2v) is 6.96. The van der Waals surface area contributed by atoms with Gasteiger partial charge in [0.2, 0.25) is 0 Å². The highest BCUT2D eigenvalue weighted by molar-refractivity contribution is 6.32. The molecule has 0 bridgehead atoms. The normalized spacial score (nSPS) is 10.5. The Morgan fingerprint density at radius 2 is 2.03 bits per heavy atom. The van der Waals surface area contributed by atoms with Crippen LogP contribution in [0.2, 0.25) is 5.02 Å². The molecule has 3 aromatic rings. The van der Waals surface area contributed by atoms with E-state index < -0.39 is 0 Å². The van der Waals surface area contributed by atoms with Crippen LogP contribution < -0.4 is 14.8 Å². The molecule has 0 spiro atoms. The second-order valence-electron chi connectivity index (χ2n) is 6.55. The topological polar surface area (TPSA) is 48.3 Å². The minimum absolute atomic E-state index is 0. The van der Waals surface area contributed by atoms with Gasteiger partial charge in [-0.3, -0.25) is 0 Å². The summed E-state index contributed by atoms with van der Waals surface area (Å²) in [5, 5.41) is 3.85. The van der Waals surface area contributed by atoms with E-state index in [9.17, 15) is 4.39 Å². The average molecular weight is 454 g/mol. The summed E-state index contributed by atoms with van der Waals surface area (Å²) in [5.74, 6) is 0.685. The van der Waals surface area contributed by atoms with Crippen molar-refractivity contribution in [1.29, 1.82) is 0 Å². The van der Waals surface area contributed by atoms with Gasteiger partial charge < -0.3 is 19.4 Å². The van der Waals surface area contributed by atoms with E-state index in [4.69, 9.17) is 21.1 Å². The van der Waals surface area contributed by atoms with Crippen molar-refractivity contribution in [2.75, 3.05) is 13.2 Å². The van der Waals surface area contributed by atoms with Crippen LogP contribution in [0, 0.1) is 5.82 Å². The summed E-state index contributed by atoms with van der Waals surface area (Å²) in [5.41, 5.74) is 1.47. The zero-order valence-corrected chi connectivity index (χ0v) is 18.4. The van der Waals surface area contributed by atoms with Gasteiger partial charge >= 0.3 is 0 Å². The van der Waals surface area contributed by atoms with Crippen molar-refractivity contribution in [3.05, 3.63) is 77.1 Å². The van der Waals surface area contributed by atoms with Gasteiger partial charge in [-0.05, 0) is 43.7 Å². The van der Waals surface area contributed by atoms with Gasteiger partial charge in [0.1, 0.15) is 12.4 Å². The van der Waals surface area contributed by atoms with Gasteiger partial charge in [0.05, 0.1) is 18.0 Å². The number of hydrogen-bond donors (Lipinski definition) is 1. The lowest BCUT2D eigenvalue weighted by Crippen LogP contribution is -2.16. The number of rotatable bonds is 11. The third kappa shape index (κ3) is 6.90. The molecule has 162 valence electrons. The Bertz CT molecular complexity index is 907. The van der Waals surface area contributed by atoms with Gasteiger partial charge in [0, 0.05) is 31.0 Å². The molecule has 30 heavy (non-hydrogen) atoms. The standard InChI is InChI=1S/C22H25ClFN3O2.ClH/c1-2-28-21-13-17(14-25-8-5-10-27-11-9-26-16-27)12-19(23)22(21)29-15-18-6-3-4-7-20(18)24;/h3-4,6-7,9,11-13,16,25H,2,5,8,10,14-15H2,1H3;1H. The van der Waals surface area contributed by atoms with Gasteiger partial charge in [-0.25, -0.2) is 9.37 Å². The van der Waals surface area contributed by atoms with Crippen LogP contribution in [0.5, 0.6) is 11.5 Å². The van der Waals surface area contributed by atoms with E-state index in [1.807, 2.05) is 36.1 Å². The van der Waals surface area contributed by atoms with E-state index in [-0.39, 0.29) is 24.8 Å². The number of ether oxygens (including phenoxy) is 2. The van der Waals surface area contributed by atoms with Crippen molar-refractivity contribution < 1.29 is 13.9 Å². The van der Waals surface area contributed by atoms with Crippen LogP contribution in [0.1, 0.15) is 24.5 Å². The first-order chi connectivity index (χ1) is 14.2. The fraction of sp³-hybridized carbons (Fsp3) is 0.318. The van der Waals surface area contributed by atoms with Gasteiger partial charge in [0.15, 0.2) is 11.5 Å². The first kappa shape index (κ1) is 24.0. The van der Waals surface area contributed by atoms with Gasteiger partial charge in [-0.2, -0.15) is 0 Å². The number of nitrogens with zero attached hydrogens (tertiary/aromatic N) is 2. The Morgan fingerprint density at radius 3 is 2.77 bits per heavy atom. The van der Waals surface area contributed by atoms with Crippen molar-refractivity contribution >= 4 is 24.0 Å². The largest absolute Gasteiger partial charge is 0.490 e. The number of imidazole rings is 1. The van der Waals surface area contributed by atoms with Crippen molar-refractivity contribution in [1.82, 2.24) is 14.9 Å². The molecular weight excluding hydrogens is 428 g/mol. The highest BCUT2D eigenvalue weighted by Gasteiger charge is 2.14. The quantitative estimate of drug-likeness (QED) is 0.402. The predicted molar refractivity (Wildman–Crippen MR) is 119 cm³/mol. The van der Waals surface area contributed by atoms with E-state index in [1.165, 1.54) is 6.07 Å². The van der Waals surface area contributed by atoms with E-state index >= 15 is 0 Å². The summed E-state index contributed by atoms with van der Waals surface area (Å²) < 4.78 is 27.4. The molecule has 2 aromatic carbocycles. The maximum Gasteiger partial charge on any atom is 0.180 e. The van der Waals surface area contributed by atoms with Crippen LogP contribution in [0.15, 0.2) is 55.1 Å². The summed E-state index contributed by atoms with van der Waals surface area (Å²) in [6, 6.07) is 10.3. The number of hydrogen-bond acceptors (Lipinski definition) is 4. The molecule has 0 saturated heterocycles. The maximum atomic E-state index is 13.8. The summed E-state index contributed by atoms with van der Waals surface area (Å²) in [6.07, 6.45) is 6.54. The van der Waals surface area contributed by atoms with Crippen LogP contribution in [-0.4, -0.2) is 22.7 Å². The fourth-order valence-electron chi connectivity index (χ4n) is 2.93. The van der Waals surface area contributed by atoms with Crippen molar-refractivity contribution in [2.45, 2.75) is 33.0 Å². The third-order valence-electron chi connectivity index (χ3n) is 4.36. The minimum atomic E-state index is -0.307. The molecule has 0 saturated carbocycles. The highest BCUT2D eigenvalue weighted by atomic mass is 35.5. The SMILES string of the molecule is CCOc1cc(CNCCCn2ccnc2)cc(Cl)c1OCc1ccccc1F.Cl. The molecule has 0 atom stereocenters. The molecule has 0 aliphatic carbocycles. The zero-order chi connectivity index (χ0) is 20.5. The summed E-state index contributed by atoms with van der Waals surface area (Å²) in [4.78, 5) is 4.03. The Balaban J connectivity index is 0.00000320. The first-order valence-corrected chi connectivity index (χ1v) is 10.0. The van der Waals surface area contributed by atoms with Crippen LogP contribution >= 0.6 is 24.0 Å². The third-order valence-corrected chi connectivity index (χ3v) is 4.64. The Hall–Kier alpha value is -2.28. The number of aryl methyl sites for hydroxylation is 1. The lowest BCUT2D eigenvalue weighted by Gasteiger charge is -2.16. The molecule has 1 N–H and O–H groups in total. The molecular formula is C22H26Cl2FN3O2. The maximum absolute atomic E-state index is 13.8. The lowest BCUT2D eigenvalue weighted by molar-refractivity contribution is 0.266. The number of nitrogens with one attached hydrogen (secondary N) is 1. The monoisotopic (exact) mass is 453 g/mol. The van der Waals surface area contributed by atoms with E-state index in [0.717, 1.165) is 25.1 Å². The molecule has 0 aliphatic rings. The van der Waals surface area contributed by atoms with Crippen LogP contribution in [0.25, 0.3) is 0 Å². The van der Waals surface area contributed by atoms with Crippen LogP contribution in [0.3, 0.4) is 0 Å². The molecule has 0 unspecified atom stereocenters. The van der Waals surface area contributed by atoms with Crippen molar-refractivity contribution in [3.63, 3.8) is 0 Å². The molecule has 3 rings (SSSR count). The number of halogens is 3. The zero-order valence-electron chi connectivity index (χ0n) is 16.8. The molecule has 1 aromatic heterocycles. The van der Waals surface area contributed by atoms with E-state index in [1.54, 1.807) is 24.4 Å². The molecule has 8 heteroatoms. The minimum Gasteiger partial charge on any atom is -0.490 e. The Kier molecular flexibility index (Phi) is 9.94. The molecule has 1 heterocycles. The predicted octanol–water partition coefficient (Wildman–Crippen LogP) is 5.26. The lowest BCUT2D eigenvalue weighted by atomic mass is 10.2. The summed E-state index contributed by atoms with van der Waals surface area (Å²) >= 11 is 6.45. The Morgan fingerprint density at radius 1 is 1.20 bits per heavy atom. The first-order valence-electron chi connectivity index (χ1n) is 9.65. The molecule has 0 aliphatic heterocycles. The van der Waals surface area contributed by atoms with E-state index in [2.05, 4.69) is 10.3 Å². The molecule has 0 fully saturated rings. The summed E-state index contributed by atoms with van der Waals surface area (Å²) in [6.45, 7) is 4.91. The average Bonchev–Trinajstić information content (AvgIpc) is 3.22. The van der Waals surface area contributed by atoms with Gasteiger partial charge in [-0.1, -0.05) is 29.8 Å². The molecule has 5 nitrogen and oxygen atoms in total. The van der Waals surface area contributed by atoms with Crippen molar-refractivity contribution in [2.24, 2.45) is 0 Å². The van der Waals surface area contributed by atoms with Gasteiger partial charge in [-0.15, -0.1) is 12.4 Å². The van der Waals surface area contributed by atoms with Crippen LogP contribution in [-0.2, 0) is 19.7 Å². The van der Waals surface area contributed by atoms with E-state index in [0.29, 0.717) is 35.2 Å². The second kappa shape index (κ2) is 12.4. The fourth-order valence-corrected chi connectivity index (χ4v) is 3.22. The van der Waals surface area contributed by atoms with Crippen LogP contribution in [0.4, 0.5) is 4.39 Å². The highest BCUT2D eigenvalue weighted by Crippen LogP contribution is 2.37. The Labute approximate surface area is 187 Å². The van der Waals surface area contributed by atoms with Crippen molar-refractivity contribution in [3.8, 4) is 11.5 Å². The summed E-state index contributed by atoms with van der Waals surface area (Å²) in [7, 11) is 0. The molecule has 0 radical (unpaired) electrons. The van der Waals surface area contributed by atoms with Gasteiger partial charge in [0.25, 0.3) is 0 Å². The number of benzene rings is 2. The smallest absolute Gasteiger partial charge is 0.180 e. The number of aromatic nitrogens is 2.